The minimum absolute atomic E-state index is 0.921. The van der Waals surface area contributed by atoms with E-state index in [0.29, 0.717) is 0 Å². The number of methoxy groups -OCH3 is 1. The molecule has 0 saturated heterocycles. The predicted molar refractivity (Wildman–Crippen MR) is 67.4 cm³/mol. The summed E-state index contributed by atoms with van der Waals surface area (Å²) in [7, 11) is 1.70. The van der Waals surface area contributed by atoms with Crippen LogP contribution < -0.4 is 4.74 Å². The van der Waals surface area contributed by atoms with Crippen LogP contribution in [0.5, 0.6) is 5.75 Å². The van der Waals surface area contributed by atoms with Gasteiger partial charge in [-0.3, -0.25) is 0 Å². The molecule has 1 aromatic heterocycles. The molecular formula is C11H12INO. The minimum atomic E-state index is 0.921. The number of nitrogens with zero attached hydrogens (tertiary/aromatic N) is 1. The summed E-state index contributed by atoms with van der Waals surface area (Å²) in [6, 6.07) is 8.32. The van der Waals surface area contributed by atoms with E-state index in [1.807, 2.05) is 6.07 Å². The number of hydrogen-bond acceptors (Lipinski definition) is 1. The molecule has 0 saturated carbocycles. The van der Waals surface area contributed by atoms with Crippen molar-refractivity contribution in [1.82, 2.24) is 4.57 Å². The smallest absolute Gasteiger partial charge is 0.119 e. The Morgan fingerprint density at radius 1 is 1.36 bits per heavy atom. The Balaban J connectivity index is 2.48. The Bertz CT molecular complexity index is 436. The van der Waals surface area contributed by atoms with Gasteiger partial charge in [0.25, 0.3) is 0 Å². The highest BCUT2D eigenvalue weighted by molar-refractivity contribution is 14.1. The number of benzene rings is 1. The third kappa shape index (κ3) is 1.73. The molecule has 0 bridgehead atoms. The van der Waals surface area contributed by atoms with Crippen LogP contribution in [0, 0.1) is 0 Å². The number of ether oxygens (including phenoxy) is 1. The van der Waals surface area contributed by atoms with Gasteiger partial charge in [-0.05, 0) is 24.3 Å². The summed E-state index contributed by atoms with van der Waals surface area (Å²) in [4.78, 5) is 0. The zero-order valence-electron chi connectivity index (χ0n) is 8.03. The molecule has 1 aromatic carbocycles. The molecular weight excluding hydrogens is 289 g/mol. The van der Waals surface area contributed by atoms with E-state index in [1.165, 1.54) is 10.9 Å². The van der Waals surface area contributed by atoms with Crippen molar-refractivity contribution in [2.75, 3.05) is 11.5 Å². The first-order valence-electron chi connectivity index (χ1n) is 4.54. The zero-order valence-corrected chi connectivity index (χ0v) is 10.2. The summed E-state index contributed by atoms with van der Waals surface area (Å²) < 4.78 is 8.58. The topological polar surface area (TPSA) is 14.2 Å². The molecule has 0 spiro atoms. The molecule has 0 radical (unpaired) electrons. The van der Waals surface area contributed by atoms with E-state index in [1.54, 1.807) is 7.11 Å². The van der Waals surface area contributed by atoms with Gasteiger partial charge >= 0.3 is 0 Å². The van der Waals surface area contributed by atoms with Gasteiger partial charge < -0.3 is 9.30 Å². The highest BCUT2D eigenvalue weighted by Gasteiger charge is 2.01. The zero-order chi connectivity index (χ0) is 9.97. The third-order valence-corrected chi connectivity index (χ3v) is 2.79. The Morgan fingerprint density at radius 2 is 2.21 bits per heavy atom. The number of aryl methyl sites for hydroxylation is 1. The molecule has 14 heavy (non-hydrogen) atoms. The fraction of sp³-hybridized carbons (Fsp3) is 0.273. The highest BCUT2D eigenvalue weighted by Crippen LogP contribution is 2.21. The van der Waals surface area contributed by atoms with Gasteiger partial charge in [-0.2, -0.15) is 0 Å². The molecule has 2 aromatic rings. The number of rotatable bonds is 3. The van der Waals surface area contributed by atoms with E-state index < -0.39 is 0 Å². The molecule has 0 aliphatic carbocycles. The van der Waals surface area contributed by atoms with E-state index in [9.17, 15) is 0 Å². The van der Waals surface area contributed by atoms with Crippen molar-refractivity contribution >= 4 is 33.5 Å². The summed E-state index contributed by atoms with van der Waals surface area (Å²) >= 11 is 2.39. The van der Waals surface area contributed by atoms with Gasteiger partial charge in [0.2, 0.25) is 0 Å². The van der Waals surface area contributed by atoms with Crippen molar-refractivity contribution in [2.24, 2.45) is 0 Å². The van der Waals surface area contributed by atoms with E-state index in [4.69, 9.17) is 4.74 Å². The number of alkyl halides is 1. The van der Waals surface area contributed by atoms with Crippen LogP contribution in [-0.4, -0.2) is 16.1 Å². The van der Waals surface area contributed by atoms with Gasteiger partial charge in [0, 0.05) is 28.1 Å². The molecule has 0 aliphatic heterocycles. The van der Waals surface area contributed by atoms with E-state index in [0.717, 1.165) is 16.7 Å². The van der Waals surface area contributed by atoms with Crippen LogP contribution in [0.25, 0.3) is 10.9 Å². The van der Waals surface area contributed by atoms with Gasteiger partial charge in [-0.1, -0.05) is 22.6 Å². The van der Waals surface area contributed by atoms with Crippen molar-refractivity contribution in [3.63, 3.8) is 0 Å². The summed E-state index contributed by atoms with van der Waals surface area (Å²) in [6.45, 7) is 1.07. The summed E-state index contributed by atoms with van der Waals surface area (Å²) in [5.41, 5.74) is 1.28. The molecule has 2 nitrogen and oxygen atoms in total. The van der Waals surface area contributed by atoms with Crippen LogP contribution in [0.1, 0.15) is 0 Å². The quantitative estimate of drug-likeness (QED) is 0.628. The number of aromatic nitrogens is 1. The Kier molecular flexibility index (Phi) is 2.96. The van der Waals surface area contributed by atoms with Crippen LogP contribution in [0.4, 0.5) is 0 Å². The van der Waals surface area contributed by atoms with Gasteiger partial charge in [-0.15, -0.1) is 0 Å². The summed E-state index contributed by atoms with van der Waals surface area (Å²) in [5.74, 6) is 0.921. The monoisotopic (exact) mass is 301 g/mol. The molecule has 74 valence electrons. The van der Waals surface area contributed by atoms with Gasteiger partial charge in [0.1, 0.15) is 5.75 Å². The normalized spacial score (nSPS) is 10.7. The molecule has 3 heteroatoms. The van der Waals surface area contributed by atoms with Crippen LogP contribution in [0.3, 0.4) is 0 Å². The minimum Gasteiger partial charge on any atom is -0.497 e. The average Bonchev–Trinajstić information content (AvgIpc) is 2.61. The molecule has 0 N–H and O–H groups in total. The molecule has 0 fully saturated rings. The third-order valence-electron chi connectivity index (χ3n) is 2.30. The summed E-state index contributed by atoms with van der Waals surface area (Å²) in [6.07, 6.45) is 2.13. The molecule has 2 rings (SSSR count). The number of hydrogen-bond donors (Lipinski definition) is 0. The molecule has 1 heterocycles. The first-order chi connectivity index (χ1) is 6.85. The standard InChI is InChI=1S/C11H12INO/c1-14-10-2-3-11-9(8-10)4-6-13(11)7-5-12/h2-4,6,8H,5,7H2,1H3. The second-order valence-electron chi connectivity index (χ2n) is 3.12. The molecule has 0 amide bonds. The van der Waals surface area contributed by atoms with Crippen molar-refractivity contribution in [1.29, 1.82) is 0 Å². The van der Waals surface area contributed by atoms with Crippen molar-refractivity contribution < 1.29 is 4.74 Å². The lowest BCUT2D eigenvalue weighted by atomic mass is 10.2. The second kappa shape index (κ2) is 4.21. The van der Waals surface area contributed by atoms with Crippen molar-refractivity contribution in [3.8, 4) is 5.75 Å². The lowest BCUT2D eigenvalue weighted by Crippen LogP contribution is -1.95. The fourth-order valence-corrected chi connectivity index (χ4v) is 2.11. The molecule has 0 aliphatic rings. The lowest BCUT2D eigenvalue weighted by Gasteiger charge is -2.03. The molecule has 0 atom stereocenters. The average molecular weight is 301 g/mol. The number of fused-ring (bicyclic) bond motifs is 1. The number of halogens is 1. The molecule has 0 unspecified atom stereocenters. The van der Waals surface area contributed by atoms with Gasteiger partial charge in [-0.25, -0.2) is 0 Å². The lowest BCUT2D eigenvalue weighted by molar-refractivity contribution is 0.415. The fourth-order valence-electron chi connectivity index (χ4n) is 1.59. The van der Waals surface area contributed by atoms with Crippen LogP contribution in [0.2, 0.25) is 0 Å². The van der Waals surface area contributed by atoms with Crippen molar-refractivity contribution in [2.45, 2.75) is 6.54 Å². The van der Waals surface area contributed by atoms with Crippen LogP contribution >= 0.6 is 22.6 Å². The van der Waals surface area contributed by atoms with E-state index >= 15 is 0 Å². The first kappa shape index (κ1) is 9.83. The summed E-state index contributed by atoms with van der Waals surface area (Å²) in [5, 5.41) is 1.24. The maximum Gasteiger partial charge on any atom is 0.119 e. The van der Waals surface area contributed by atoms with E-state index in [-0.39, 0.29) is 0 Å². The highest BCUT2D eigenvalue weighted by atomic mass is 127. The largest absolute Gasteiger partial charge is 0.497 e. The Labute approximate surface area is 97.0 Å². The van der Waals surface area contributed by atoms with Gasteiger partial charge in [0.15, 0.2) is 0 Å². The van der Waals surface area contributed by atoms with E-state index in [2.05, 4.69) is 51.6 Å². The van der Waals surface area contributed by atoms with Crippen molar-refractivity contribution in [3.05, 3.63) is 30.5 Å². The Hall–Kier alpha value is -0.710. The first-order valence-corrected chi connectivity index (χ1v) is 6.06. The second-order valence-corrected chi connectivity index (χ2v) is 4.20. The van der Waals surface area contributed by atoms with Gasteiger partial charge in [0.05, 0.1) is 7.11 Å². The maximum atomic E-state index is 5.18. The van der Waals surface area contributed by atoms with Crippen LogP contribution in [-0.2, 0) is 6.54 Å². The predicted octanol–water partition coefficient (Wildman–Crippen LogP) is 3.08. The van der Waals surface area contributed by atoms with Crippen LogP contribution in [0.15, 0.2) is 30.5 Å². The SMILES string of the molecule is COc1ccc2c(ccn2CCI)c1. The maximum absolute atomic E-state index is 5.18. The Morgan fingerprint density at radius 3 is 2.93 bits per heavy atom.